The van der Waals surface area contributed by atoms with Crippen LogP contribution in [0.2, 0.25) is 0 Å². The molecule has 0 aromatic carbocycles. The molecule has 1 amide bonds. The molecule has 0 unspecified atom stereocenters. The Hall–Kier alpha value is -1.88. The summed E-state index contributed by atoms with van der Waals surface area (Å²) in [5.41, 5.74) is 3.42. The van der Waals surface area contributed by atoms with E-state index in [-0.39, 0.29) is 0 Å². The van der Waals surface area contributed by atoms with Crippen LogP contribution in [0.5, 0.6) is 0 Å². The first-order chi connectivity index (χ1) is 11.6. The quantitative estimate of drug-likeness (QED) is 0.938. The van der Waals surface area contributed by atoms with Crippen LogP contribution in [0, 0.1) is 18.8 Å². The predicted octanol–water partition coefficient (Wildman–Crippen LogP) is 2.38. The van der Waals surface area contributed by atoms with E-state index in [4.69, 9.17) is 0 Å². The smallest absolute Gasteiger partial charge is 0.225 e. The van der Waals surface area contributed by atoms with Gasteiger partial charge >= 0.3 is 0 Å². The summed E-state index contributed by atoms with van der Waals surface area (Å²) in [7, 11) is 0. The van der Waals surface area contributed by atoms with E-state index in [1.807, 2.05) is 6.20 Å². The van der Waals surface area contributed by atoms with Crippen LogP contribution < -0.4 is 5.32 Å². The van der Waals surface area contributed by atoms with E-state index in [0.717, 1.165) is 44.5 Å². The number of carbonyl (C=O) groups excluding carboxylic acids is 1. The van der Waals surface area contributed by atoms with Crippen LogP contribution in [0.25, 0.3) is 5.65 Å². The number of aryl methyl sites for hydroxylation is 1. The molecule has 0 radical (unpaired) electrons. The van der Waals surface area contributed by atoms with Crippen LogP contribution in [-0.4, -0.2) is 39.3 Å². The maximum atomic E-state index is 12.2. The Kier molecular flexibility index (Phi) is 4.04. The summed E-state index contributed by atoms with van der Waals surface area (Å²) in [4.78, 5) is 18.8. The van der Waals surface area contributed by atoms with Gasteiger partial charge in [0.05, 0.1) is 11.9 Å². The number of fused-ring (bicyclic) bond motifs is 1. The van der Waals surface area contributed by atoms with Gasteiger partial charge in [-0.05, 0) is 49.8 Å². The third-order valence-electron chi connectivity index (χ3n) is 5.43. The number of nitrogens with zero attached hydrogens (tertiary/aromatic N) is 3. The highest BCUT2D eigenvalue weighted by Crippen LogP contribution is 2.32. The molecule has 1 saturated heterocycles. The molecule has 1 aliphatic heterocycles. The molecule has 2 aromatic heterocycles. The summed E-state index contributed by atoms with van der Waals surface area (Å²) in [5, 5.41) is 3.69. The summed E-state index contributed by atoms with van der Waals surface area (Å²) in [6, 6.07) is 4.68. The Labute approximate surface area is 143 Å². The van der Waals surface area contributed by atoms with Crippen LogP contribution in [-0.2, 0) is 11.3 Å². The number of hydrogen-bond acceptors (Lipinski definition) is 3. The standard InChI is InChI=1S/C19H26N4O/c1-13-5-8-23-16(11-21-18(23)9-13)10-20-17-6-7-22(12-14(17)2)19(24)15-3-4-15/h5,8-9,11,14-15,17,20H,3-4,6-7,10,12H2,1-2H3/t14-,17+/m0/s1. The summed E-state index contributed by atoms with van der Waals surface area (Å²) in [6.45, 7) is 6.94. The van der Waals surface area contributed by atoms with Crippen molar-refractivity contribution in [1.29, 1.82) is 0 Å². The van der Waals surface area contributed by atoms with Crippen molar-refractivity contribution in [1.82, 2.24) is 19.6 Å². The van der Waals surface area contributed by atoms with E-state index in [0.29, 0.717) is 23.8 Å². The molecular weight excluding hydrogens is 300 g/mol. The minimum Gasteiger partial charge on any atom is -0.342 e. The van der Waals surface area contributed by atoms with Crippen molar-refractivity contribution >= 4 is 11.6 Å². The lowest BCUT2D eigenvalue weighted by molar-refractivity contribution is -0.134. The highest BCUT2D eigenvalue weighted by Gasteiger charge is 2.36. The van der Waals surface area contributed by atoms with Gasteiger partial charge in [-0.25, -0.2) is 4.98 Å². The number of rotatable bonds is 4. The third-order valence-corrected chi connectivity index (χ3v) is 5.43. The van der Waals surface area contributed by atoms with Gasteiger partial charge in [-0.15, -0.1) is 0 Å². The highest BCUT2D eigenvalue weighted by atomic mass is 16.2. The Morgan fingerprint density at radius 1 is 1.38 bits per heavy atom. The van der Waals surface area contributed by atoms with Gasteiger partial charge in [-0.3, -0.25) is 4.79 Å². The van der Waals surface area contributed by atoms with E-state index in [1.54, 1.807) is 0 Å². The van der Waals surface area contributed by atoms with E-state index in [2.05, 4.69) is 51.8 Å². The molecule has 2 fully saturated rings. The van der Waals surface area contributed by atoms with Crippen molar-refractivity contribution in [3.05, 3.63) is 35.8 Å². The lowest BCUT2D eigenvalue weighted by Crippen LogP contribution is -2.50. The van der Waals surface area contributed by atoms with Crippen LogP contribution in [0.3, 0.4) is 0 Å². The van der Waals surface area contributed by atoms with Gasteiger partial charge in [0.15, 0.2) is 0 Å². The van der Waals surface area contributed by atoms with Crippen molar-refractivity contribution in [3.8, 4) is 0 Å². The minimum atomic E-state index is 0.336. The summed E-state index contributed by atoms with van der Waals surface area (Å²) < 4.78 is 2.15. The minimum absolute atomic E-state index is 0.336. The molecule has 2 atom stereocenters. The lowest BCUT2D eigenvalue weighted by atomic mass is 9.93. The van der Waals surface area contributed by atoms with Crippen LogP contribution in [0.4, 0.5) is 0 Å². The largest absolute Gasteiger partial charge is 0.342 e. The molecule has 128 valence electrons. The van der Waals surface area contributed by atoms with Gasteiger partial charge in [-0.1, -0.05) is 6.92 Å². The summed E-state index contributed by atoms with van der Waals surface area (Å²) in [6.07, 6.45) is 7.28. The number of pyridine rings is 1. The molecule has 24 heavy (non-hydrogen) atoms. The van der Waals surface area contributed by atoms with Crippen LogP contribution >= 0.6 is 0 Å². The monoisotopic (exact) mass is 326 g/mol. The Balaban J connectivity index is 1.36. The van der Waals surface area contributed by atoms with Crippen LogP contribution in [0.15, 0.2) is 24.5 Å². The highest BCUT2D eigenvalue weighted by molar-refractivity contribution is 5.81. The fraction of sp³-hybridized carbons (Fsp3) is 0.579. The molecule has 1 saturated carbocycles. The topological polar surface area (TPSA) is 49.6 Å². The molecule has 5 heteroatoms. The van der Waals surface area contributed by atoms with Crippen molar-refractivity contribution < 1.29 is 4.79 Å². The summed E-state index contributed by atoms with van der Waals surface area (Å²) >= 11 is 0. The predicted molar refractivity (Wildman–Crippen MR) is 93.6 cm³/mol. The first-order valence-corrected chi connectivity index (χ1v) is 9.06. The zero-order valence-corrected chi connectivity index (χ0v) is 14.5. The van der Waals surface area contributed by atoms with Gasteiger partial charge in [0.2, 0.25) is 5.91 Å². The van der Waals surface area contributed by atoms with Crippen molar-refractivity contribution in [2.45, 2.75) is 45.7 Å². The molecule has 2 aromatic rings. The second-order valence-corrected chi connectivity index (χ2v) is 7.49. The third kappa shape index (κ3) is 3.05. The fourth-order valence-corrected chi connectivity index (χ4v) is 3.74. The molecule has 1 N–H and O–H groups in total. The zero-order chi connectivity index (χ0) is 16.7. The first kappa shape index (κ1) is 15.6. The Bertz CT molecular complexity index is 749. The molecule has 2 aliphatic rings. The van der Waals surface area contributed by atoms with Crippen molar-refractivity contribution in [3.63, 3.8) is 0 Å². The van der Waals surface area contributed by atoms with Gasteiger partial charge in [0, 0.05) is 37.8 Å². The number of piperidine rings is 1. The van der Waals surface area contributed by atoms with Crippen molar-refractivity contribution in [2.24, 2.45) is 11.8 Å². The van der Waals surface area contributed by atoms with Gasteiger partial charge in [0.1, 0.15) is 5.65 Å². The zero-order valence-electron chi connectivity index (χ0n) is 14.5. The van der Waals surface area contributed by atoms with Crippen LogP contribution in [0.1, 0.15) is 37.4 Å². The number of imidazole rings is 1. The second-order valence-electron chi connectivity index (χ2n) is 7.49. The average molecular weight is 326 g/mol. The molecule has 1 aliphatic carbocycles. The summed E-state index contributed by atoms with van der Waals surface area (Å²) in [5.74, 6) is 1.21. The van der Waals surface area contributed by atoms with E-state index in [9.17, 15) is 4.79 Å². The normalized spacial score (nSPS) is 24.5. The molecule has 0 bridgehead atoms. The number of hydrogen-bond donors (Lipinski definition) is 1. The lowest BCUT2D eigenvalue weighted by Gasteiger charge is -2.37. The second kappa shape index (κ2) is 6.20. The van der Waals surface area contributed by atoms with E-state index < -0.39 is 0 Å². The molecular formula is C19H26N4O. The maximum absolute atomic E-state index is 12.2. The number of carbonyl (C=O) groups is 1. The Morgan fingerprint density at radius 3 is 2.96 bits per heavy atom. The number of nitrogens with one attached hydrogen (secondary N) is 1. The molecule has 0 spiro atoms. The SMILES string of the molecule is Cc1ccn2c(CN[C@@H]3CCN(C(=O)C4CC4)C[C@@H]3C)cnc2c1. The molecule has 4 rings (SSSR count). The van der Waals surface area contributed by atoms with Gasteiger partial charge in [0.25, 0.3) is 0 Å². The van der Waals surface area contributed by atoms with Gasteiger partial charge < -0.3 is 14.6 Å². The first-order valence-electron chi connectivity index (χ1n) is 9.06. The average Bonchev–Trinajstić information content (AvgIpc) is 3.35. The molecule has 3 heterocycles. The fourth-order valence-electron chi connectivity index (χ4n) is 3.74. The van der Waals surface area contributed by atoms with E-state index >= 15 is 0 Å². The number of likely N-dealkylation sites (tertiary alicyclic amines) is 1. The van der Waals surface area contributed by atoms with E-state index in [1.165, 1.54) is 11.3 Å². The molecule has 5 nitrogen and oxygen atoms in total. The van der Waals surface area contributed by atoms with Gasteiger partial charge in [-0.2, -0.15) is 0 Å². The number of amides is 1. The number of aromatic nitrogens is 2. The Morgan fingerprint density at radius 2 is 2.21 bits per heavy atom. The maximum Gasteiger partial charge on any atom is 0.225 e. The van der Waals surface area contributed by atoms with Crippen molar-refractivity contribution in [2.75, 3.05) is 13.1 Å².